The smallest absolute Gasteiger partial charge is 0.268 e. The van der Waals surface area contributed by atoms with Crippen LogP contribution in [-0.4, -0.2) is 28.0 Å². The summed E-state index contributed by atoms with van der Waals surface area (Å²) in [6.07, 6.45) is 0. The van der Waals surface area contributed by atoms with E-state index in [9.17, 15) is 13.2 Å². The highest BCUT2D eigenvalue weighted by Gasteiger charge is 2.30. The minimum atomic E-state index is -4.14. The monoisotopic (exact) mass is 514 g/mol. The van der Waals surface area contributed by atoms with E-state index >= 15 is 0 Å². The summed E-state index contributed by atoms with van der Waals surface area (Å²) in [5, 5.41) is 3.42. The van der Waals surface area contributed by atoms with Crippen LogP contribution in [0.4, 0.5) is 5.69 Å². The molecule has 0 bridgehead atoms. The second-order valence-electron chi connectivity index (χ2n) is 8.72. The van der Waals surface area contributed by atoms with E-state index in [1.165, 1.54) is 18.7 Å². The third-order valence-corrected chi connectivity index (χ3v) is 8.06. The Kier molecular flexibility index (Phi) is 8.13. The van der Waals surface area contributed by atoms with Gasteiger partial charge in [0.25, 0.3) is 10.0 Å². The van der Waals surface area contributed by atoms with Crippen molar-refractivity contribution in [2.45, 2.75) is 45.6 Å². The number of sulfonamides is 1. The Balaban J connectivity index is 1.97. The normalized spacial score (nSPS) is 12.2. The lowest BCUT2D eigenvalue weighted by atomic mass is 9.96. The summed E-state index contributed by atoms with van der Waals surface area (Å²) in [4.78, 5) is 13.2. The van der Waals surface area contributed by atoms with E-state index in [4.69, 9.17) is 16.3 Å². The number of hydrogen-bond donors (Lipinski definition) is 1. The highest BCUT2D eigenvalue weighted by molar-refractivity contribution is 7.93. The summed E-state index contributed by atoms with van der Waals surface area (Å²) in [5.41, 5.74) is 5.43. The van der Waals surface area contributed by atoms with Crippen LogP contribution in [0, 0.1) is 27.7 Å². The van der Waals surface area contributed by atoms with Crippen LogP contribution >= 0.6 is 11.6 Å². The number of nitrogens with one attached hydrogen (secondary N) is 1. The predicted octanol–water partition coefficient (Wildman–Crippen LogP) is 5.65. The Hall–Kier alpha value is -3.03. The van der Waals surface area contributed by atoms with E-state index in [0.29, 0.717) is 10.7 Å². The molecule has 1 amide bonds. The number of aryl methyl sites for hydroxylation is 4. The quantitative estimate of drug-likeness (QED) is 0.421. The molecule has 0 aliphatic heterocycles. The van der Waals surface area contributed by atoms with Crippen molar-refractivity contribution in [2.75, 3.05) is 18.0 Å². The molecule has 3 aromatic carbocycles. The van der Waals surface area contributed by atoms with Crippen molar-refractivity contribution < 1.29 is 17.9 Å². The fourth-order valence-electron chi connectivity index (χ4n) is 3.97. The first kappa shape index (κ1) is 26.6. The van der Waals surface area contributed by atoms with E-state index < -0.39 is 22.5 Å². The van der Waals surface area contributed by atoms with E-state index in [2.05, 4.69) is 17.4 Å². The van der Waals surface area contributed by atoms with E-state index in [0.717, 1.165) is 26.6 Å². The van der Waals surface area contributed by atoms with Crippen molar-refractivity contribution in [3.63, 3.8) is 0 Å². The second kappa shape index (κ2) is 10.7. The average Bonchev–Trinajstić information content (AvgIpc) is 2.80. The van der Waals surface area contributed by atoms with Crippen LogP contribution in [0.5, 0.6) is 5.75 Å². The van der Waals surface area contributed by atoms with Gasteiger partial charge in [0.1, 0.15) is 17.2 Å². The van der Waals surface area contributed by atoms with Gasteiger partial charge in [0.2, 0.25) is 5.91 Å². The number of benzene rings is 3. The summed E-state index contributed by atoms with van der Waals surface area (Å²) in [5.74, 6) is -0.227. The fourth-order valence-corrected chi connectivity index (χ4v) is 5.76. The van der Waals surface area contributed by atoms with Crippen molar-refractivity contribution >= 4 is 33.2 Å². The van der Waals surface area contributed by atoms with Gasteiger partial charge in [0.05, 0.1) is 18.8 Å². The standard InChI is InChI=1S/C27H31ClN2O4S/c1-17-7-12-25(34-6)26(13-17)35(32,33)30(23-10-8-22(28)9-11-23)16-27(31)29-21(5)24-15-19(3)18(2)14-20(24)4/h7-15,21H,16H2,1-6H3,(H,29,31). The zero-order chi connectivity index (χ0) is 25.9. The van der Waals surface area contributed by atoms with Crippen molar-refractivity contribution in [3.8, 4) is 5.75 Å². The van der Waals surface area contributed by atoms with Crippen molar-refractivity contribution in [3.05, 3.63) is 87.4 Å². The highest BCUT2D eigenvalue weighted by Crippen LogP contribution is 2.31. The molecular weight excluding hydrogens is 484 g/mol. The molecule has 1 N–H and O–H groups in total. The zero-order valence-corrected chi connectivity index (χ0v) is 22.4. The lowest BCUT2D eigenvalue weighted by Gasteiger charge is -2.26. The molecule has 8 heteroatoms. The SMILES string of the molecule is COc1ccc(C)cc1S(=O)(=O)N(CC(=O)NC(C)c1cc(C)c(C)cc1C)c1ccc(Cl)cc1. The minimum Gasteiger partial charge on any atom is -0.495 e. The number of carbonyl (C=O) groups excluding carboxylic acids is 1. The zero-order valence-electron chi connectivity index (χ0n) is 20.8. The van der Waals surface area contributed by atoms with Crippen LogP contribution in [0.25, 0.3) is 0 Å². The summed E-state index contributed by atoms with van der Waals surface area (Å²) < 4.78 is 34.0. The molecule has 1 atom stereocenters. The van der Waals surface area contributed by atoms with Gasteiger partial charge in [-0.1, -0.05) is 29.8 Å². The van der Waals surface area contributed by atoms with Crippen LogP contribution in [0.2, 0.25) is 5.02 Å². The number of nitrogens with zero attached hydrogens (tertiary/aromatic N) is 1. The van der Waals surface area contributed by atoms with Crippen LogP contribution in [0.3, 0.4) is 0 Å². The maximum absolute atomic E-state index is 13.8. The summed E-state index contributed by atoms with van der Waals surface area (Å²) in [7, 11) is -2.73. The van der Waals surface area contributed by atoms with E-state index in [-0.39, 0.29) is 16.7 Å². The molecule has 0 saturated carbocycles. The number of methoxy groups -OCH3 is 1. The Bertz CT molecular complexity index is 1340. The number of hydrogen-bond acceptors (Lipinski definition) is 4. The molecule has 0 fully saturated rings. The molecule has 0 heterocycles. The number of amides is 1. The first-order valence-corrected chi connectivity index (χ1v) is 13.1. The first-order valence-electron chi connectivity index (χ1n) is 11.2. The van der Waals surface area contributed by atoms with E-state index in [1.54, 1.807) is 43.3 Å². The van der Waals surface area contributed by atoms with Crippen LogP contribution in [-0.2, 0) is 14.8 Å². The van der Waals surface area contributed by atoms with Gasteiger partial charge in [-0.3, -0.25) is 9.10 Å². The van der Waals surface area contributed by atoms with Crippen molar-refractivity contribution in [2.24, 2.45) is 0 Å². The molecule has 6 nitrogen and oxygen atoms in total. The van der Waals surface area contributed by atoms with Crippen LogP contribution in [0.15, 0.2) is 59.5 Å². The van der Waals surface area contributed by atoms with Crippen LogP contribution < -0.4 is 14.4 Å². The average molecular weight is 515 g/mol. The van der Waals surface area contributed by atoms with Gasteiger partial charge < -0.3 is 10.1 Å². The van der Waals surface area contributed by atoms with Gasteiger partial charge in [-0.2, -0.15) is 0 Å². The van der Waals surface area contributed by atoms with Gasteiger partial charge in [-0.15, -0.1) is 0 Å². The van der Waals surface area contributed by atoms with E-state index in [1.807, 2.05) is 27.7 Å². The second-order valence-corrected chi connectivity index (χ2v) is 11.0. The number of rotatable bonds is 8. The molecule has 3 aromatic rings. The lowest BCUT2D eigenvalue weighted by molar-refractivity contribution is -0.120. The molecule has 1 unspecified atom stereocenters. The van der Waals surface area contributed by atoms with Gasteiger partial charge >= 0.3 is 0 Å². The minimum absolute atomic E-state index is 0.0131. The largest absolute Gasteiger partial charge is 0.495 e. The molecule has 0 aliphatic rings. The van der Waals surface area contributed by atoms with Crippen LogP contribution in [0.1, 0.15) is 40.8 Å². The lowest BCUT2D eigenvalue weighted by Crippen LogP contribution is -2.41. The summed E-state index contributed by atoms with van der Waals surface area (Å²) >= 11 is 6.03. The first-order chi connectivity index (χ1) is 16.4. The molecule has 0 aliphatic carbocycles. The maximum Gasteiger partial charge on any atom is 0.268 e. The molecule has 3 rings (SSSR count). The van der Waals surface area contributed by atoms with Crippen molar-refractivity contribution in [1.82, 2.24) is 5.32 Å². The van der Waals surface area contributed by atoms with Gasteiger partial charge in [0, 0.05) is 5.02 Å². The maximum atomic E-state index is 13.8. The summed E-state index contributed by atoms with van der Waals surface area (Å²) in [6.45, 7) is 9.35. The summed E-state index contributed by atoms with van der Waals surface area (Å²) in [6, 6.07) is 15.1. The molecular formula is C27H31ClN2O4S. The number of ether oxygens (including phenoxy) is 1. The fraction of sp³-hybridized carbons (Fsp3) is 0.296. The van der Waals surface area contributed by atoms with Gasteiger partial charge in [0.15, 0.2) is 0 Å². The Morgan fingerprint density at radius 1 is 0.971 bits per heavy atom. The molecule has 0 radical (unpaired) electrons. The molecule has 186 valence electrons. The Morgan fingerprint density at radius 3 is 2.23 bits per heavy atom. The van der Waals surface area contributed by atoms with Crippen molar-refractivity contribution in [1.29, 1.82) is 0 Å². The molecule has 35 heavy (non-hydrogen) atoms. The molecule has 0 spiro atoms. The molecule has 0 aromatic heterocycles. The van der Waals surface area contributed by atoms with Gasteiger partial charge in [-0.05, 0) is 98.8 Å². The Morgan fingerprint density at radius 2 is 1.60 bits per heavy atom. The highest BCUT2D eigenvalue weighted by atomic mass is 35.5. The third-order valence-electron chi connectivity index (χ3n) is 6.02. The number of halogens is 1. The third kappa shape index (κ3) is 5.97. The Labute approximate surface area is 212 Å². The number of anilines is 1. The van der Waals surface area contributed by atoms with Gasteiger partial charge in [-0.25, -0.2) is 8.42 Å². The number of carbonyl (C=O) groups is 1. The predicted molar refractivity (Wildman–Crippen MR) is 141 cm³/mol. The molecule has 0 saturated heterocycles. The topological polar surface area (TPSA) is 75.7 Å².